The molecule has 0 saturated heterocycles. The predicted molar refractivity (Wildman–Crippen MR) is 79.3 cm³/mol. The number of para-hydroxylation sites is 1. The number of sulfonamides is 1. The second-order valence-corrected chi connectivity index (χ2v) is 6.29. The SMILES string of the molecule is NS(=O)(=O)c1cccc(NC2C(=O)Nc3ccccc32)c1. The van der Waals surface area contributed by atoms with Gasteiger partial charge in [-0.2, -0.15) is 0 Å². The molecule has 0 aromatic heterocycles. The molecule has 3 rings (SSSR count). The van der Waals surface area contributed by atoms with Crippen LogP contribution in [-0.2, 0) is 14.8 Å². The number of rotatable bonds is 3. The molecule has 6 nitrogen and oxygen atoms in total. The number of nitrogens with one attached hydrogen (secondary N) is 2. The van der Waals surface area contributed by atoms with E-state index in [0.717, 1.165) is 11.3 Å². The van der Waals surface area contributed by atoms with E-state index in [1.807, 2.05) is 24.3 Å². The Hall–Kier alpha value is -2.38. The van der Waals surface area contributed by atoms with Crippen LogP contribution in [0.2, 0.25) is 0 Å². The molecule has 0 radical (unpaired) electrons. The van der Waals surface area contributed by atoms with Crippen molar-refractivity contribution in [3.63, 3.8) is 0 Å². The van der Waals surface area contributed by atoms with Crippen LogP contribution in [0.3, 0.4) is 0 Å². The highest BCUT2D eigenvalue weighted by molar-refractivity contribution is 7.89. The summed E-state index contributed by atoms with van der Waals surface area (Å²) in [5, 5.41) is 10.9. The van der Waals surface area contributed by atoms with E-state index in [0.29, 0.717) is 5.69 Å². The number of benzene rings is 2. The average Bonchev–Trinajstić information content (AvgIpc) is 2.75. The lowest BCUT2D eigenvalue weighted by molar-refractivity contribution is -0.116. The fourth-order valence-electron chi connectivity index (χ4n) is 2.28. The summed E-state index contributed by atoms with van der Waals surface area (Å²) < 4.78 is 22.7. The van der Waals surface area contributed by atoms with E-state index < -0.39 is 16.1 Å². The first-order chi connectivity index (χ1) is 9.95. The third-order valence-electron chi connectivity index (χ3n) is 3.27. The number of hydrogen-bond donors (Lipinski definition) is 3. The number of carbonyl (C=O) groups excluding carboxylic acids is 1. The van der Waals surface area contributed by atoms with Gasteiger partial charge in [0.15, 0.2) is 0 Å². The third kappa shape index (κ3) is 2.61. The quantitative estimate of drug-likeness (QED) is 0.798. The van der Waals surface area contributed by atoms with Gasteiger partial charge in [0.05, 0.1) is 4.90 Å². The molecule has 0 fully saturated rings. The van der Waals surface area contributed by atoms with Gasteiger partial charge < -0.3 is 10.6 Å². The Labute approximate surface area is 122 Å². The fraction of sp³-hybridized carbons (Fsp3) is 0.0714. The summed E-state index contributed by atoms with van der Waals surface area (Å²) in [5.74, 6) is -0.183. The topological polar surface area (TPSA) is 101 Å². The molecule has 4 N–H and O–H groups in total. The lowest BCUT2D eigenvalue weighted by Crippen LogP contribution is -2.20. The molecule has 1 aliphatic rings. The van der Waals surface area contributed by atoms with Crippen molar-refractivity contribution in [2.24, 2.45) is 5.14 Å². The van der Waals surface area contributed by atoms with Crippen molar-refractivity contribution in [1.29, 1.82) is 0 Å². The molecular formula is C14H13N3O3S. The van der Waals surface area contributed by atoms with Crippen molar-refractivity contribution in [1.82, 2.24) is 0 Å². The van der Waals surface area contributed by atoms with Crippen LogP contribution in [0.5, 0.6) is 0 Å². The molecule has 1 aliphatic heterocycles. The van der Waals surface area contributed by atoms with Gasteiger partial charge >= 0.3 is 0 Å². The highest BCUT2D eigenvalue weighted by Gasteiger charge is 2.30. The van der Waals surface area contributed by atoms with E-state index in [1.54, 1.807) is 12.1 Å². The first kappa shape index (κ1) is 13.6. The van der Waals surface area contributed by atoms with Gasteiger partial charge in [-0.05, 0) is 24.3 Å². The van der Waals surface area contributed by atoms with E-state index in [9.17, 15) is 13.2 Å². The maximum absolute atomic E-state index is 12.0. The molecule has 7 heteroatoms. The number of carbonyl (C=O) groups is 1. The zero-order chi connectivity index (χ0) is 15.0. The van der Waals surface area contributed by atoms with E-state index in [2.05, 4.69) is 10.6 Å². The summed E-state index contributed by atoms with van der Waals surface area (Å²) in [5.41, 5.74) is 2.09. The summed E-state index contributed by atoms with van der Waals surface area (Å²) in [7, 11) is -3.77. The van der Waals surface area contributed by atoms with E-state index in [-0.39, 0.29) is 10.8 Å². The molecule has 2 aromatic carbocycles. The number of nitrogens with two attached hydrogens (primary N) is 1. The summed E-state index contributed by atoms with van der Waals surface area (Å²) in [6.45, 7) is 0. The second-order valence-electron chi connectivity index (χ2n) is 4.73. The Morgan fingerprint density at radius 2 is 1.86 bits per heavy atom. The number of hydrogen-bond acceptors (Lipinski definition) is 4. The van der Waals surface area contributed by atoms with E-state index in [4.69, 9.17) is 5.14 Å². The molecular weight excluding hydrogens is 290 g/mol. The van der Waals surface area contributed by atoms with E-state index >= 15 is 0 Å². The van der Waals surface area contributed by atoms with Crippen LogP contribution in [0.15, 0.2) is 53.4 Å². The summed E-state index contributed by atoms with van der Waals surface area (Å²) in [6, 6.07) is 12.8. The van der Waals surface area contributed by atoms with Gasteiger partial charge in [-0.3, -0.25) is 4.79 Å². The van der Waals surface area contributed by atoms with Crippen LogP contribution in [0.25, 0.3) is 0 Å². The van der Waals surface area contributed by atoms with Gasteiger partial charge in [-0.1, -0.05) is 24.3 Å². The van der Waals surface area contributed by atoms with Crippen LogP contribution in [0.1, 0.15) is 11.6 Å². The number of primary sulfonamides is 1. The largest absolute Gasteiger partial charge is 0.370 e. The number of fused-ring (bicyclic) bond motifs is 1. The Bertz CT molecular complexity index is 818. The lowest BCUT2D eigenvalue weighted by atomic mass is 10.1. The zero-order valence-corrected chi connectivity index (χ0v) is 11.7. The maximum Gasteiger partial charge on any atom is 0.251 e. The summed E-state index contributed by atoms with van der Waals surface area (Å²) >= 11 is 0. The summed E-state index contributed by atoms with van der Waals surface area (Å²) in [4.78, 5) is 12.0. The predicted octanol–water partition coefficient (Wildman–Crippen LogP) is 1.44. The van der Waals surface area contributed by atoms with Crippen molar-refractivity contribution >= 4 is 27.3 Å². The monoisotopic (exact) mass is 303 g/mol. The van der Waals surface area contributed by atoms with E-state index in [1.165, 1.54) is 12.1 Å². The summed E-state index contributed by atoms with van der Waals surface area (Å²) in [6.07, 6.45) is 0. The molecule has 0 spiro atoms. The second kappa shape index (κ2) is 4.87. The van der Waals surface area contributed by atoms with Gasteiger partial charge in [0, 0.05) is 16.9 Å². The van der Waals surface area contributed by atoms with Crippen LogP contribution in [-0.4, -0.2) is 14.3 Å². The minimum Gasteiger partial charge on any atom is -0.370 e. The average molecular weight is 303 g/mol. The normalized spacial score (nSPS) is 17.2. The minimum atomic E-state index is -3.77. The van der Waals surface area contributed by atoms with Gasteiger partial charge in [-0.15, -0.1) is 0 Å². The van der Waals surface area contributed by atoms with Crippen LogP contribution in [0.4, 0.5) is 11.4 Å². The van der Waals surface area contributed by atoms with Crippen molar-refractivity contribution in [2.45, 2.75) is 10.9 Å². The van der Waals surface area contributed by atoms with Crippen molar-refractivity contribution in [2.75, 3.05) is 10.6 Å². The van der Waals surface area contributed by atoms with Gasteiger partial charge in [-0.25, -0.2) is 13.6 Å². The molecule has 108 valence electrons. The molecule has 0 aliphatic carbocycles. The Kier molecular flexibility index (Phi) is 3.15. The highest BCUT2D eigenvalue weighted by Crippen LogP contribution is 2.33. The van der Waals surface area contributed by atoms with Crippen LogP contribution >= 0.6 is 0 Å². The first-order valence-corrected chi connectivity index (χ1v) is 7.79. The minimum absolute atomic E-state index is 0.000750. The van der Waals surface area contributed by atoms with Crippen molar-refractivity contribution < 1.29 is 13.2 Å². The maximum atomic E-state index is 12.0. The first-order valence-electron chi connectivity index (χ1n) is 6.24. The molecule has 1 atom stereocenters. The fourth-order valence-corrected chi connectivity index (χ4v) is 2.84. The van der Waals surface area contributed by atoms with Crippen LogP contribution in [0, 0.1) is 0 Å². The molecule has 0 saturated carbocycles. The number of anilines is 2. The van der Waals surface area contributed by atoms with Crippen LogP contribution < -0.4 is 15.8 Å². The molecule has 21 heavy (non-hydrogen) atoms. The van der Waals surface area contributed by atoms with Crippen molar-refractivity contribution in [3.8, 4) is 0 Å². The van der Waals surface area contributed by atoms with Gasteiger partial charge in [0.25, 0.3) is 5.91 Å². The molecule has 1 amide bonds. The zero-order valence-electron chi connectivity index (χ0n) is 10.9. The lowest BCUT2D eigenvalue weighted by Gasteiger charge is -2.13. The van der Waals surface area contributed by atoms with Gasteiger partial charge in [0.2, 0.25) is 10.0 Å². The Morgan fingerprint density at radius 3 is 2.62 bits per heavy atom. The number of amides is 1. The van der Waals surface area contributed by atoms with Crippen molar-refractivity contribution in [3.05, 3.63) is 54.1 Å². The molecule has 1 heterocycles. The molecule has 2 aromatic rings. The molecule has 1 unspecified atom stereocenters. The third-order valence-corrected chi connectivity index (χ3v) is 4.18. The standard InChI is InChI=1S/C14H13N3O3S/c15-21(19,20)10-5-3-4-9(8-10)16-13-11-6-1-2-7-12(11)17-14(13)18/h1-8,13,16H,(H,17,18)(H2,15,19,20). The Balaban J connectivity index is 1.93. The van der Waals surface area contributed by atoms with Gasteiger partial charge in [0.1, 0.15) is 6.04 Å². The highest BCUT2D eigenvalue weighted by atomic mass is 32.2. The Morgan fingerprint density at radius 1 is 1.10 bits per heavy atom. The molecule has 0 bridgehead atoms. The smallest absolute Gasteiger partial charge is 0.251 e.